The molecule has 3 aromatic rings. The van der Waals surface area contributed by atoms with Gasteiger partial charge in [0.25, 0.3) is 0 Å². The first-order chi connectivity index (χ1) is 10.2. The van der Waals surface area contributed by atoms with Gasteiger partial charge < -0.3 is 14.5 Å². The Kier molecular flexibility index (Phi) is 3.55. The lowest BCUT2D eigenvalue weighted by Crippen LogP contribution is -2.14. The lowest BCUT2D eigenvalue weighted by Gasteiger charge is -2.07. The molecule has 21 heavy (non-hydrogen) atoms. The van der Waals surface area contributed by atoms with Crippen LogP contribution in [0.25, 0.3) is 5.65 Å². The zero-order chi connectivity index (χ0) is 14.7. The van der Waals surface area contributed by atoms with Crippen LogP contribution in [-0.2, 0) is 11.2 Å². The smallest absolute Gasteiger partial charge is 0.228 e. The van der Waals surface area contributed by atoms with Crippen molar-refractivity contribution in [1.29, 1.82) is 0 Å². The van der Waals surface area contributed by atoms with E-state index in [-0.39, 0.29) is 5.91 Å². The number of carbonyl (C=O) groups is 1. The van der Waals surface area contributed by atoms with E-state index in [1.54, 1.807) is 13.3 Å². The molecule has 1 amide bonds. The number of hydrogen-bond donors (Lipinski definition) is 1. The highest BCUT2D eigenvalue weighted by Crippen LogP contribution is 2.14. The van der Waals surface area contributed by atoms with Crippen molar-refractivity contribution in [2.24, 2.45) is 0 Å². The van der Waals surface area contributed by atoms with Gasteiger partial charge in [-0.3, -0.25) is 4.79 Å². The number of hydrogen-bond acceptors (Lipinski definition) is 3. The number of methoxy groups -OCH3 is 1. The third-order valence-corrected chi connectivity index (χ3v) is 3.17. The molecule has 3 rings (SSSR count). The maximum atomic E-state index is 12.1. The normalized spacial score (nSPS) is 10.5. The number of pyridine rings is 1. The highest BCUT2D eigenvalue weighted by molar-refractivity contribution is 5.92. The molecule has 0 saturated carbocycles. The number of rotatable bonds is 4. The summed E-state index contributed by atoms with van der Waals surface area (Å²) in [6.07, 6.45) is 5.70. The number of aromatic nitrogens is 2. The molecule has 1 aromatic carbocycles. The Morgan fingerprint density at radius 2 is 2.24 bits per heavy atom. The van der Waals surface area contributed by atoms with Gasteiger partial charge in [0, 0.05) is 18.6 Å². The predicted octanol–water partition coefficient (Wildman–Crippen LogP) is 2.52. The molecule has 0 aliphatic heterocycles. The summed E-state index contributed by atoms with van der Waals surface area (Å²) in [6.45, 7) is 0. The molecule has 0 fully saturated rings. The van der Waals surface area contributed by atoms with Crippen molar-refractivity contribution in [2.45, 2.75) is 6.42 Å². The quantitative estimate of drug-likeness (QED) is 0.799. The summed E-state index contributed by atoms with van der Waals surface area (Å²) in [5.41, 5.74) is 2.50. The van der Waals surface area contributed by atoms with E-state index in [4.69, 9.17) is 4.74 Å². The van der Waals surface area contributed by atoms with Crippen LogP contribution in [0.3, 0.4) is 0 Å². The number of anilines is 1. The van der Waals surface area contributed by atoms with E-state index in [1.807, 2.05) is 53.2 Å². The summed E-state index contributed by atoms with van der Waals surface area (Å²) in [7, 11) is 1.61. The van der Waals surface area contributed by atoms with Crippen LogP contribution in [-0.4, -0.2) is 22.4 Å². The van der Waals surface area contributed by atoms with E-state index < -0.39 is 0 Å². The number of nitrogens with one attached hydrogen (secondary N) is 1. The van der Waals surface area contributed by atoms with Crippen LogP contribution in [0.2, 0.25) is 0 Å². The highest BCUT2D eigenvalue weighted by atomic mass is 16.5. The van der Waals surface area contributed by atoms with E-state index in [2.05, 4.69) is 10.3 Å². The summed E-state index contributed by atoms with van der Waals surface area (Å²) in [6, 6.07) is 11.2. The molecule has 0 bridgehead atoms. The average Bonchev–Trinajstić information content (AvgIpc) is 2.95. The minimum Gasteiger partial charge on any atom is -0.497 e. The summed E-state index contributed by atoms with van der Waals surface area (Å²) in [5.74, 6) is 0.683. The number of benzene rings is 1. The molecule has 5 nitrogen and oxygen atoms in total. The van der Waals surface area contributed by atoms with Crippen molar-refractivity contribution in [1.82, 2.24) is 9.38 Å². The minimum absolute atomic E-state index is 0.0669. The zero-order valence-electron chi connectivity index (χ0n) is 11.6. The van der Waals surface area contributed by atoms with Crippen molar-refractivity contribution in [3.8, 4) is 5.75 Å². The number of nitrogens with zero attached hydrogens (tertiary/aromatic N) is 2. The van der Waals surface area contributed by atoms with Crippen molar-refractivity contribution >= 4 is 17.2 Å². The first-order valence-corrected chi connectivity index (χ1v) is 6.60. The monoisotopic (exact) mass is 281 g/mol. The van der Waals surface area contributed by atoms with E-state index in [1.165, 1.54) is 0 Å². The Morgan fingerprint density at radius 1 is 1.33 bits per heavy atom. The fourth-order valence-electron chi connectivity index (χ4n) is 2.17. The second kappa shape index (κ2) is 5.66. The van der Waals surface area contributed by atoms with Gasteiger partial charge in [-0.15, -0.1) is 0 Å². The Balaban J connectivity index is 1.70. The maximum Gasteiger partial charge on any atom is 0.228 e. The molecule has 0 saturated heterocycles. The molecular weight excluding hydrogens is 266 g/mol. The first kappa shape index (κ1) is 13.2. The van der Waals surface area contributed by atoms with Crippen LogP contribution in [0, 0.1) is 0 Å². The summed E-state index contributed by atoms with van der Waals surface area (Å²) >= 11 is 0. The lowest BCUT2D eigenvalue weighted by molar-refractivity contribution is -0.115. The van der Waals surface area contributed by atoms with Crippen molar-refractivity contribution < 1.29 is 9.53 Å². The van der Waals surface area contributed by atoms with Gasteiger partial charge in [0.2, 0.25) is 5.91 Å². The topological polar surface area (TPSA) is 55.6 Å². The number of amides is 1. The first-order valence-electron chi connectivity index (χ1n) is 6.60. The van der Waals surface area contributed by atoms with Gasteiger partial charge in [0.1, 0.15) is 11.4 Å². The van der Waals surface area contributed by atoms with Crippen LogP contribution < -0.4 is 10.1 Å². The van der Waals surface area contributed by atoms with Gasteiger partial charge >= 0.3 is 0 Å². The standard InChI is InChI=1S/C16H15N3O2/c1-21-14-4-2-3-12(9-14)10-16(20)18-13-5-6-15-17-7-8-19(15)11-13/h2-9,11H,10H2,1H3,(H,18,20). The molecule has 5 heteroatoms. The molecule has 2 heterocycles. The van der Waals surface area contributed by atoms with Gasteiger partial charge in [-0.1, -0.05) is 12.1 Å². The largest absolute Gasteiger partial charge is 0.497 e. The third kappa shape index (κ3) is 3.02. The highest BCUT2D eigenvalue weighted by Gasteiger charge is 2.06. The van der Waals surface area contributed by atoms with Crippen LogP contribution >= 0.6 is 0 Å². The van der Waals surface area contributed by atoms with E-state index in [0.717, 1.165) is 22.6 Å². The van der Waals surface area contributed by atoms with Gasteiger partial charge in [0.15, 0.2) is 0 Å². The molecule has 0 unspecified atom stereocenters. The second-order valence-electron chi connectivity index (χ2n) is 4.69. The SMILES string of the molecule is COc1cccc(CC(=O)Nc2ccc3nccn3c2)c1. The number of fused-ring (bicyclic) bond motifs is 1. The summed E-state index contributed by atoms with van der Waals surface area (Å²) in [5, 5.41) is 2.88. The van der Waals surface area contributed by atoms with E-state index in [9.17, 15) is 4.79 Å². The third-order valence-electron chi connectivity index (χ3n) is 3.17. The molecule has 0 aliphatic carbocycles. The second-order valence-corrected chi connectivity index (χ2v) is 4.69. The fraction of sp³-hybridized carbons (Fsp3) is 0.125. The molecular formula is C16H15N3O2. The van der Waals surface area contributed by atoms with Crippen LogP contribution in [0.1, 0.15) is 5.56 Å². The molecule has 106 valence electrons. The Morgan fingerprint density at radius 3 is 3.10 bits per heavy atom. The lowest BCUT2D eigenvalue weighted by atomic mass is 10.1. The zero-order valence-corrected chi connectivity index (χ0v) is 11.6. The number of imidazole rings is 1. The van der Waals surface area contributed by atoms with Gasteiger partial charge in [-0.2, -0.15) is 0 Å². The summed E-state index contributed by atoms with van der Waals surface area (Å²) < 4.78 is 7.01. The fourth-order valence-corrected chi connectivity index (χ4v) is 2.17. The van der Waals surface area contributed by atoms with Gasteiger partial charge in [-0.05, 0) is 29.8 Å². The van der Waals surface area contributed by atoms with Crippen molar-refractivity contribution in [3.05, 3.63) is 60.6 Å². The van der Waals surface area contributed by atoms with Crippen LogP contribution in [0.15, 0.2) is 55.0 Å². The molecule has 2 aromatic heterocycles. The Labute approximate surface area is 122 Å². The van der Waals surface area contributed by atoms with Crippen molar-refractivity contribution in [2.75, 3.05) is 12.4 Å². The molecule has 0 atom stereocenters. The average molecular weight is 281 g/mol. The molecule has 0 radical (unpaired) electrons. The van der Waals surface area contributed by atoms with Gasteiger partial charge in [-0.25, -0.2) is 4.98 Å². The predicted molar refractivity (Wildman–Crippen MR) is 80.5 cm³/mol. The minimum atomic E-state index is -0.0669. The molecule has 0 aliphatic rings. The van der Waals surface area contributed by atoms with E-state index >= 15 is 0 Å². The van der Waals surface area contributed by atoms with Crippen LogP contribution in [0.5, 0.6) is 5.75 Å². The Bertz CT molecular complexity index is 780. The summed E-state index contributed by atoms with van der Waals surface area (Å²) in [4.78, 5) is 16.2. The van der Waals surface area contributed by atoms with Crippen molar-refractivity contribution in [3.63, 3.8) is 0 Å². The Hall–Kier alpha value is -2.82. The number of ether oxygens (including phenoxy) is 1. The van der Waals surface area contributed by atoms with E-state index in [0.29, 0.717) is 6.42 Å². The molecule has 1 N–H and O–H groups in total. The van der Waals surface area contributed by atoms with Gasteiger partial charge in [0.05, 0.1) is 19.2 Å². The maximum absolute atomic E-state index is 12.1. The van der Waals surface area contributed by atoms with Crippen LogP contribution in [0.4, 0.5) is 5.69 Å². The number of carbonyl (C=O) groups excluding carboxylic acids is 1. The molecule has 0 spiro atoms.